The monoisotopic (exact) mass is 422 g/mol. The zero-order valence-corrected chi connectivity index (χ0v) is 16.4. The minimum absolute atomic E-state index is 0.0625. The summed E-state index contributed by atoms with van der Waals surface area (Å²) in [5.41, 5.74) is 1.05. The topological polar surface area (TPSA) is 79.5 Å². The first-order valence-corrected chi connectivity index (χ1v) is 9.15. The maximum Gasteiger partial charge on any atom is 0.434 e. The molecule has 29 heavy (non-hydrogen) atoms. The maximum absolute atomic E-state index is 13.0. The van der Waals surface area contributed by atoms with E-state index in [1.54, 1.807) is 19.1 Å². The molecule has 0 aliphatic rings. The van der Waals surface area contributed by atoms with E-state index in [4.69, 9.17) is 17.0 Å². The second kappa shape index (κ2) is 8.20. The summed E-state index contributed by atoms with van der Waals surface area (Å²) in [4.78, 5) is 11.7. The van der Waals surface area contributed by atoms with Gasteiger partial charge >= 0.3 is 6.18 Å². The average molecular weight is 423 g/mol. The number of nitrogens with one attached hydrogen (secondary N) is 2. The third kappa shape index (κ3) is 4.56. The minimum Gasteiger partial charge on any atom is -0.363 e. The summed E-state index contributed by atoms with van der Waals surface area (Å²) in [6.45, 7) is 4.03. The molecule has 3 aromatic rings. The van der Waals surface area contributed by atoms with Gasteiger partial charge in [0.15, 0.2) is 5.69 Å². The van der Waals surface area contributed by atoms with Crippen molar-refractivity contribution in [3.05, 3.63) is 58.8 Å². The molecule has 0 amide bonds. The van der Waals surface area contributed by atoms with Crippen molar-refractivity contribution in [2.45, 2.75) is 32.6 Å². The summed E-state index contributed by atoms with van der Waals surface area (Å²) in [6, 6.07) is 6.88. The molecule has 0 spiro atoms. The van der Waals surface area contributed by atoms with E-state index in [1.807, 2.05) is 19.1 Å². The summed E-state index contributed by atoms with van der Waals surface area (Å²) in [7, 11) is 0. The first-order chi connectivity index (χ1) is 13.7. The van der Waals surface area contributed by atoms with Crippen LogP contribution in [0.4, 0.5) is 19.0 Å². The SMILES string of the molecule is CCn1cc(C(F)(F)F)nc1-c1ccc(C(C)Nc2nc(Cl)ncc2C=N)cc1. The van der Waals surface area contributed by atoms with Gasteiger partial charge in [0.05, 0.1) is 5.56 Å². The van der Waals surface area contributed by atoms with E-state index in [0.717, 1.165) is 18.0 Å². The predicted octanol–water partition coefficient (Wildman–Crippen LogP) is 5.20. The molecule has 0 saturated heterocycles. The quantitative estimate of drug-likeness (QED) is 0.422. The lowest BCUT2D eigenvalue weighted by Crippen LogP contribution is -2.10. The van der Waals surface area contributed by atoms with Crippen LogP contribution in [-0.4, -0.2) is 25.7 Å². The second-order valence-electron chi connectivity index (χ2n) is 6.31. The van der Waals surface area contributed by atoms with Gasteiger partial charge in [0, 0.05) is 36.8 Å². The fourth-order valence-corrected chi connectivity index (χ4v) is 2.96. The van der Waals surface area contributed by atoms with Crippen LogP contribution in [0.1, 0.15) is 36.7 Å². The molecule has 0 fully saturated rings. The number of benzene rings is 1. The van der Waals surface area contributed by atoms with E-state index in [1.165, 1.54) is 10.8 Å². The molecule has 6 nitrogen and oxygen atoms in total. The minimum atomic E-state index is -4.49. The van der Waals surface area contributed by atoms with E-state index in [2.05, 4.69) is 20.3 Å². The number of anilines is 1. The molecule has 3 rings (SSSR count). The van der Waals surface area contributed by atoms with Gasteiger partial charge in [-0.05, 0) is 31.0 Å². The highest BCUT2D eigenvalue weighted by atomic mass is 35.5. The molecule has 0 aliphatic carbocycles. The summed E-state index contributed by atoms with van der Waals surface area (Å²) in [5.74, 6) is 0.689. The number of aryl methyl sites for hydroxylation is 1. The number of imidazole rings is 1. The molecule has 0 aliphatic heterocycles. The molecule has 0 radical (unpaired) electrons. The van der Waals surface area contributed by atoms with Crippen LogP contribution >= 0.6 is 11.6 Å². The molecule has 2 heterocycles. The lowest BCUT2D eigenvalue weighted by Gasteiger charge is -2.17. The van der Waals surface area contributed by atoms with Gasteiger partial charge < -0.3 is 15.3 Å². The number of rotatable bonds is 6. The molecular weight excluding hydrogens is 405 g/mol. The lowest BCUT2D eigenvalue weighted by molar-refractivity contribution is -0.140. The Bertz CT molecular complexity index is 1010. The molecule has 152 valence electrons. The summed E-state index contributed by atoms with van der Waals surface area (Å²) < 4.78 is 40.4. The van der Waals surface area contributed by atoms with Crippen molar-refractivity contribution in [1.82, 2.24) is 19.5 Å². The smallest absolute Gasteiger partial charge is 0.363 e. The van der Waals surface area contributed by atoms with E-state index >= 15 is 0 Å². The van der Waals surface area contributed by atoms with Crippen LogP contribution in [0, 0.1) is 5.41 Å². The van der Waals surface area contributed by atoms with Crippen LogP contribution < -0.4 is 5.32 Å². The van der Waals surface area contributed by atoms with Gasteiger partial charge in [-0.3, -0.25) is 0 Å². The first kappa shape index (κ1) is 20.8. The molecular formula is C19H18ClF3N6. The van der Waals surface area contributed by atoms with Crippen molar-refractivity contribution in [3.8, 4) is 11.4 Å². The zero-order valence-electron chi connectivity index (χ0n) is 15.6. The van der Waals surface area contributed by atoms with Gasteiger partial charge in [0.25, 0.3) is 0 Å². The molecule has 1 aromatic carbocycles. The van der Waals surface area contributed by atoms with Gasteiger partial charge in [-0.25, -0.2) is 15.0 Å². The van der Waals surface area contributed by atoms with E-state index in [0.29, 0.717) is 23.5 Å². The van der Waals surface area contributed by atoms with Gasteiger partial charge in [-0.15, -0.1) is 0 Å². The van der Waals surface area contributed by atoms with Gasteiger partial charge in [-0.1, -0.05) is 24.3 Å². The Balaban J connectivity index is 1.85. The Morgan fingerprint density at radius 3 is 2.52 bits per heavy atom. The average Bonchev–Trinajstić information content (AvgIpc) is 3.13. The standard InChI is InChI=1S/C19H18ClF3N6/c1-3-29-10-15(19(21,22)23)27-17(29)13-6-4-12(5-7-13)11(2)26-16-14(8-24)9-25-18(20)28-16/h4-11,24H,3H2,1-2H3,(H,25,26,28). The van der Waals surface area contributed by atoms with Gasteiger partial charge in [0.1, 0.15) is 11.6 Å². The number of alkyl halides is 3. The molecule has 10 heteroatoms. The first-order valence-electron chi connectivity index (χ1n) is 8.77. The van der Waals surface area contributed by atoms with Crippen molar-refractivity contribution >= 4 is 23.6 Å². The molecule has 2 N–H and O–H groups in total. The summed E-state index contributed by atoms with van der Waals surface area (Å²) in [6.07, 6.45) is -0.898. The fraction of sp³-hybridized carbons (Fsp3) is 0.263. The van der Waals surface area contributed by atoms with Crippen LogP contribution in [0.15, 0.2) is 36.7 Å². The van der Waals surface area contributed by atoms with E-state index in [9.17, 15) is 13.2 Å². The molecule has 0 bridgehead atoms. The zero-order chi connectivity index (χ0) is 21.2. The maximum atomic E-state index is 13.0. The van der Waals surface area contributed by atoms with Crippen LogP contribution in [0.2, 0.25) is 5.28 Å². The fourth-order valence-electron chi connectivity index (χ4n) is 2.82. The van der Waals surface area contributed by atoms with Crippen LogP contribution in [0.3, 0.4) is 0 Å². The lowest BCUT2D eigenvalue weighted by atomic mass is 10.1. The van der Waals surface area contributed by atoms with Crippen LogP contribution in [-0.2, 0) is 12.7 Å². The third-order valence-corrected chi connectivity index (χ3v) is 4.56. The van der Waals surface area contributed by atoms with Crippen molar-refractivity contribution in [2.75, 3.05) is 5.32 Å². The Morgan fingerprint density at radius 1 is 1.24 bits per heavy atom. The molecule has 1 unspecified atom stereocenters. The number of halogens is 4. The normalized spacial score (nSPS) is 12.6. The Hall–Kier alpha value is -2.94. The van der Waals surface area contributed by atoms with Crippen molar-refractivity contribution < 1.29 is 13.2 Å². The Kier molecular flexibility index (Phi) is 5.88. The number of hydrogen-bond donors (Lipinski definition) is 2. The van der Waals surface area contributed by atoms with E-state index < -0.39 is 11.9 Å². The molecule has 0 saturated carbocycles. The van der Waals surface area contributed by atoms with Crippen molar-refractivity contribution in [3.63, 3.8) is 0 Å². The number of hydrogen-bond acceptors (Lipinski definition) is 5. The van der Waals surface area contributed by atoms with Crippen molar-refractivity contribution in [2.24, 2.45) is 0 Å². The van der Waals surface area contributed by atoms with Crippen LogP contribution in [0.25, 0.3) is 11.4 Å². The second-order valence-corrected chi connectivity index (χ2v) is 6.65. The number of nitrogens with zero attached hydrogens (tertiary/aromatic N) is 4. The van der Waals surface area contributed by atoms with Gasteiger partial charge in [-0.2, -0.15) is 13.2 Å². The predicted molar refractivity (Wildman–Crippen MR) is 105 cm³/mol. The highest BCUT2D eigenvalue weighted by molar-refractivity contribution is 6.28. The van der Waals surface area contributed by atoms with Gasteiger partial charge in [0.2, 0.25) is 5.28 Å². The number of aromatic nitrogens is 4. The van der Waals surface area contributed by atoms with E-state index in [-0.39, 0.29) is 17.1 Å². The summed E-state index contributed by atoms with van der Waals surface area (Å²) in [5, 5.41) is 10.7. The Morgan fingerprint density at radius 2 is 1.93 bits per heavy atom. The summed E-state index contributed by atoms with van der Waals surface area (Å²) >= 11 is 5.83. The van der Waals surface area contributed by atoms with Crippen molar-refractivity contribution in [1.29, 1.82) is 5.41 Å². The largest absolute Gasteiger partial charge is 0.434 e. The third-order valence-electron chi connectivity index (χ3n) is 4.37. The highest BCUT2D eigenvalue weighted by Crippen LogP contribution is 2.31. The van der Waals surface area contributed by atoms with Crippen LogP contribution in [0.5, 0.6) is 0 Å². The molecule has 1 atom stereocenters. The Labute approximate surface area is 170 Å². The molecule has 2 aromatic heterocycles. The highest BCUT2D eigenvalue weighted by Gasteiger charge is 2.34.